The third-order valence-electron chi connectivity index (χ3n) is 3.18. The van der Waals surface area contributed by atoms with Gasteiger partial charge >= 0.3 is 0 Å². The third-order valence-corrected chi connectivity index (χ3v) is 3.79. The summed E-state index contributed by atoms with van der Waals surface area (Å²) in [6.07, 6.45) is 2.57. The van der Waals surface area contributed by atoms with Crippen molar-refractivity contribution in [2.45, 2.75) is 24.7 Å². The number of methoxy groups -OCH3 is 1. The molecule has 0 aromatic heterocycles. The third kappa shape index (κ3) is 1.60. The average Bonchev–Trinajstić information content (AvgIpc) is 2.22. The van der Waals surface area contributed by atoms with Gasteiger partial charge in [0.05, 0.1) is 23.1 Å². The van der Waals surface area contributed by atoms with Crippen molar-refractivity contribution in [3.8, 4) is 11.8 Å². The summed E-state index contributed by atoms with van der Waals surface area (Å²) in [6.45, 7) is 0. The van der Waals surface area contributed by atoms with E-state index >= 15 is 0 Å². The van der Waals surface area contributed by atoms with Crippen LogP contribution in [0.2, 0.25) is 0 Å². The molecule has 1 aliphatic carbocycles. The second kappa shape index (κ2) is 4.06. The number of benzene rings is 1. The SMILES string of the molecule is COc1cc(Br)c(F)cc1C1(C#N)CCC1. The summed E-state index contributed by atoms with van der Waals surface area (Å²) >= 11 is 3.11. The first-order valence-electron chi connectivity index (χ1n) is 5.08. The Morgan fingerprint density at radius 2 is 2.19 bits per heavy atom. The lowest BCUT2D eigenvalue weighted by Crippen LogP contribution is -2.32. The van der Waals surface area contributed by atoms with Gasteiger partial charge in [-0.1, -0.05) is 0 Å². The van der Waals surface area contributed by atoms with E-state index in [-0.39, 0.29) is 5.82 Å². The Labute approximate surface area is 102 Å². The van der Waals surface area contributed by atoms with Gasteiger partial charge in [-0.2, -0.15) is 5.26 Å². The summed E-state index contributed by atoms with van der Waals surface area (Å²) in [7, 11) is 1.53. The first kappa shape index (κ1) is 11.4. The zero-order valence-corrected chi connectivity index (χ0v) is 10.5. The molecule has 16 heavy (non-hydrogen) atoms. The molecule has 0 atom stereocenters. The Balaban J connectivity index is 2.55. The number of hydrogen-bond acceptors (Lipinski definition) is 2. The molecule has 0 unspecified atom stereocenters. The van der Waals surface area contributed by atoms with Gasteiger partial charge in [-0.15, -0.1) is 0 Å². The molecule has 1 aliphatic rings. The van der Waals surface area contributed by atoms with Crippen LogP contribution in [0.1, 0.15) is 24.8 Å². The number of rotatable bonds is 2. The fourth-order valence-corrected chi connectivity index (χ4v) is 2.37. The van der Waals surface area contributed by atoms with Gasteiger partial charge < -0.3 is 4.74 Å². The van der Waals surface area contributed by atoms with Gasteiger partial charge in [0.15, 0.2) is 0 Å². The minimum atomic E-state index is -0.549. The van der Waals surface area contributed by atoms with E-state index in [0.717, 1.165) is 19.3 Å². The molecule has 0 bridgehead atoms. The molecule has 1 aromatic carbocycles. The van der Waals surface area contributed by atoms with Crippen molar-refractivity contribution in [3.05, 3.63) is 28.0 Å². The van der Waals surface area contributed by atoms with Crippen LogP contribution in [0.5, 0.6) is 5.75 Å². The highest BCUT2D eigenvalue weighted by Crippen LogP contribution is 2.47. The van der Waals surface area contributed by atoms with Crippen molar-refractivity contribution in [2.24, 2.45) is 0 Å². The Bertz CT molecular complexity index is 463. The maximum absolute atomic E-state index is 13.5. The quantitative estimate of drug-likeness (QED) is 0.832. The smallest absolute Gasteiger partial charge is 0.137 e. The number of halogens is 2. The van der Waals surface area contributed by atoms with E-state index in [2.05, 4.69) is 22.0 Å². The zero-order valence-electron chi connectivity index (χ0n) is 8.89. The first-order chi connectivity index (χ1) is 7.63. The Hall–Kier alpha value is -1.08. The van der Waals surface area contributed by atoms with E-state index in [0.29, 0.717) is 15.8 Å². The molecule has 2 nitrogen and oxygen atoms in total. The van der Waals surface area contributed by atoms with Crippen molar-refractivity contribution in [3.63, 3.8) is 0 Å². The molecular formula is C12H11BrFNO. The Morgan fingerprint density at radius 3 is 2.62 bits per heavy atom. The van der Waals surface area contributed by atoms with Gasteiger partial charge in [0.2, 0.25) is 0 Å². The molecule has 1 saturated carbocycles. The van der Waals surface area contributed by atoms with Gasteiger partial charge in [0.25, 0.3) is 0 Å². The molecule has 84 valence electrons. The Morgan fingerprint density at radius 1 is 1.50 bits per heavy atom. The van der Waals surface area contributed by atoms with Crippen molar-refractivity contribution in [1.29, 1.82) is 5.26 Å². The molecule has 2 rings (SSSR count). The molecule has 0 radical (unpaired) electrons. The van der Waals surface area contributed by atoms with E-state index in [4.69, 9.17) is 4.74 Å². The molecule has 0 saturated heterocycles. The number of ether oxygens (including phenoxy) is 1. The molecule has 0 aliphatic heterocycles. The fourth-order valence-electron chi connectivity index (χ4n) is 2.04. The van der Waals surface area contributed by atoms with Crippen LogP contribution in [-0.2, 0) is 5.41 Å². The Kier molecular flexibility index (Phi) is 2.90. The van der Waals surface area contributed by atoms with E-state index in [9.17, 15) is 9.65 Å². The summed E-state index contributed by atoms with van der Waals surface area (Å²) in [5.41, 5.74) is 0.122. The van der Waals surface area contributed by atoms with Gasteiger partial charge in [0.1, 0.15) is 11.6 Å². The van der Waals surface area contributed by atoms with Crippen LogP contribution in [0.4, 0.5) is 4.39 Å². The summed E-state index contributed by atoms with van der Waals surface area (Å²) in [6, 6.07) is 5.28. The molecule has 0 N–H and O–H groups in total. The van der Waals surface area contributed by atoms with Crippen LogP contribution in [0, 0.1) is 17.1 Å². The van der Waals surface area contributed by atoms with E-state index < -0.39 is 5.41 Å². The van der Waals surface area contributed by atoms with Crippen LogP contribution in [0.25, 0.3) is 0 Å². The normalized spacial score (nSPS) is 17.4. The zero-order chi connectivity index (χ0) is 11.8. The van der Waals surface area contributed by atoms with E-state index in [1.165, 1.54) is 13.2 Å². The maximum Gasteiger partial charge on any atom is 0.137 e. The fraction of sp³-hybridized carbons (Fsp3) is 0.417. The van der Waals surface area contributed by atoms with Gasteiger partial charge in [-0.05, 0) is 47.3 Å². The number of nitrogens with zero attached hydrogens (tertiary/aromatic N) is 1. The molecule has 4 heteroatoms. The molecule has 0 spiro atoms. The second-order valence-electron chi connectivity index (χ2n) is 4.01. The average molecular weight is 284 g/mol. The maximum atomic E-state index is 13.5. The van der Waals surface area contributed by atoms with Crippen LogP contribution in [0.15, 0.2) is 16.6 Å². The lowest BCUT2D eigenvalue weighted by atomic mass is 9.65. The minimum absolute atomic E-state index is 0.350. The van der Waals surface area contributed by atoms with Crippen molar-refractivity contribution >= 4 is 15.9 Å². The predicted octanol–water partition coefficient (Wildman–Crippen LogP) is 3.54. The standard InChI is InChI=1S/C12H11BrFNO/c1-16-11-6-9(13)10(14)5-8(11)12(7-15)3-2-4-12/h5-6H,2-4H2,1H3. The highest BCUT2D eigenvalue weighted by molar-refractivity contribution is 9.10. The largest absolute Gasteiger partial charge is 0.496 e. The lowest BCUT2D eigenvalue weighted by molar-refractivity contribution is 0.305. The summed E-state index contributed by atoms with van der Waals surface area (Å²) in [5, 5.41) is 9.23. The van der Waals surface area contributed by atoms with Gasteiger partial charge in [-0.25, -0.2) is 4.39 Å². The topological polar surface area (TPSA) is 33.0 Å². The molecule has 1 fully saturated rings. The second-order valence-corrected chi connectivity index (χ2v) is 4.87. The summed E-state index contributed by atoms with van der Waals surface area (Å²) < 4.78 is 19.1. The van der Waals surface area contributed by atoms with E-state index in [1.54, 1.807) is 6.07 Å². The van der Waals surface area contributed by atoms with Crippen molar-refractivity contribution in [1.82, 2.24) is 0 Å². The van der Waals surface area contributed by atoms with Gasteiger partial charge in [-0.3, -0.25) is 0 Å². The van der Waals surface area contributed by atoms with E-state index in [1.807, 2.05) is 0 Å². The van der Waals surface area contributed by atoms with Crippen molar-refractivity contribution < 1.29 is 9.13 Å². The van der Waals surface area contributed by atoms with Crippen LogP contribution in [-0.4, -0.2) is 7.11 Å². The highest BCUT2D eigenvalue weighted by atomic mass is 79.9. The number of hydrogen-bond donors (Lipinski definition) is 0. The molecule has 1 aromatic rings. The van der Waals surface area contributed by atoms with Crippen LogP contribution < -0.4 is 4.74 Å². The molecule has 0 amide bonds. The summed E-state index contributed by atoms with van der Waals surface area (Å²) in [5.74, 6) is 0.229. The first-order valence-corrected chi connectivity index (χ1v) is 5.87. The van der Waals surface area contributed by atoms with Crippen LogP contribution >= 0.6 is 15.9 Å². The lowest BCUT2D eigenvalue weighted by Gasteiger charge is -2.36. The predicted molar refractivity (Wildman–Crippen MR) is 61.8 cm³/mol. The molecular weight excluding hydrogens is 273 g/mol. The van der Waals surface area contributed by atoms with Gasteiger partial charge in [0, 0.05) is 5.56 Å². The van der Waals surface area contributed by atoms with Crippen LogP contribution in [0.3, 0.4) is 0 Å². The summed E-state index contributed by atoms with van der Waals surface area (Å²) in [4.78, 5) is 0. The minimum Gasteiger partial charge on any atom is -0.496 e. The number of nitriles is 1. The highest BCUT2D eigenvalue weighted by Gasteiger charge is 2.41. The molecule has 0 heterocycles. The van der Waals surface area contributed by atoms with Crippen molar-refractivity contribution in [2.75, 3.05) is 7.11 Å². The monoisotopic (exact) mass is 283 g/mol.